The summed E-state index contributed by atoms with van der Waals surface area (Å²) in [5.41, 5.74) is 0.906. The molecule has 0 heterocycles. The van der Waals surface area contributed by atoms with Crippen molar-refractivity contribution in [3.8, 4) is 0 Å². The standard InChI is InChI=1S/C23H28FN3O3/c1-14(2)19(26-20(28)15-6-10-17(24)11-7-15)22(30)25-18-12-8-16(9-13-18)21(29)27-23(3,4)5/h6-14,19H,1-5H3,(H,25,30)(H,26,28)(H,27,29). The molecular formula is C23H28FN3O3. The van der Waals surface area contributed by atoms with Crippen LogP contribution in [0.5, 0.6) is 0 Å². The number of hydrogen-bond donors (Lipinski definition) is 3. The van der Waals surface area contributed by atoms with Crippen LogP contribution in [-0.2, 0) is 4.79 Å². The van der Waals surface area contributed by atoms with Crippen molar-refractivity contribution >= 4 is 23.4 Å². The van der Waals surface area contributed by atoms with Gasteiger partial charge in [0.2, 0.25) is 5.91 Å². The summed E-state index contributed by atoms with van der Waals surface area (Å²) in [5.74, 6) is -1.66. The largest absolute Gasteiger partial charge is 0.347 e. The zero-order valence-electron chi connectivity index (χ0n) is 17.9. The minimum Gasteiger partial charge on any atom is -0.347 e. The van der Waals surface area contributed by atoms with Gasteiger partial charge in [-0.15, -0.1) is 0 Å². The molecule has 160 valence electrons. The zero-order chi connectivity index (χ0) is 22.5. The van der Waals surface area contributed by atoms with E-state index in [1.54, 1.807) is 24.3 Å². The first-order valence-corrected chi connectivity index (χ1v) is 9.76. The molecule has 3 amide bonds. The third-order valence-electron chi connectivity index (χ3n) is 4.25. The third-order valence-corrected chi connectivity index (χ3v) is 4.25. The van der Waals surface area contributed by atoms with Crippen LogP contribution in [0.1, 0.15) is 55.3 Å². The van der Waals surface area contributed by atoms with Gasteiger partial charge in [0.15, 0.2) is 0 Å². The minimum absolute atomic E-state index is 0.175. The molecule has 2 aromatic rings. The monoisotopic (exact) mass is 413 g/mol. The van der Waals surface area contributed by atoms with Gasteiger partial charge in [0, 0.05) is 22.4 Å². The van der Waals surface area contributed by atoms with Gasteiger partial charge in [0.05, 0.1) is 0 Å². The van der Waals surface area contributed by atoms with Gasteiger partial charge in [-0.2, -0.15) is 0 Å². The second-order valence-corrected chi connectivity index (χ2v) is 8.47. The third kappa shape index (κ3) is 6.69. The molecule has 0 saturated carbocycles. The summed E-state index contributed by atoms with van der Waals surface area (Å²) >= 11 is 0. The molecule has 0 radical (unpaired) electrons. The van der Waals surface area contributed by atoms with Gasteiger partial charge in [0.1, 0.15) is 11.9 Å². The van der Waals surface area contributed by atoms with Gasteiger partial charge < -0.3 is 16.0 Å². The fraction of sp³-hybridized carbons (Fsp3) is 0.348. The van der Waals surface area contributed by atoms with Gasteiger partial charge >= 0.3 is 0 Å². The molecule has 0 saturated heterocycles. The van der Waals surface area contributed by atoms with Gasteiger partial charge in [-0.25, -0.2) is 4.39 Å². The van der Waals surface area contributed by atoms with E-state index in [4.69, 9.17) is 0 Å². The highest BCUT2D eigenvalue weighted by Gasteiger charge is 2.25. The average Bonchev–Trinajstić information content (AvgIpc) is 2.65. The lowest BCUT2D eigenvalue weighted by Gasteiger charge is -2.22. The number of amides is 3. The summed E-state index contributed by atoms with van der Waals surface area (Å²) in [7, 11) is 0. The molecular weight excluding hydrogens is 385 g/mol. The molecule has 0 aromatic heterocycles. The Balaban J connectivity index is 2.05. The Morgan fingerprint density at radius 1 is 0.833 bits per heavy atom. The smallest absolute Gasteiger partial charge is 0.251 e. The lowest BCUT2D eigenvalue weighted by atomic mass is 10.0. The normalized spacial score (nSPS) is 12.2. The summed E-state index contributed by atoms with van der Waals surface area (Å²) in [6, 6.07) is 10.8. The Kier molecular flexibility index (Phi) is 7.32. The predicted octanol–water partition coefficient (Wildman–Crippen LogP) is 3.75. The Morgan fingerprint density at radius 2 is 1.33 bits per heavy atom. The van der Waals surface area contributed by atoms with Crippen LogP contribution in [0.2, 0.25) is 0 Å². The van der Waals surface area contributed by atoms with Crippen molar-refractivity contribution in [1.82, 2.24) is 10.6 Å². The number of carbonyl (C=O) groups is 3. The Hall–Kier alpha value is -3.22. The SMILES string of the molecule is CC(C)C(NC(=O)c1ccc(F)cc1)C(=O)Nc1ccc(C(=O)NC(C)(C)C)cc1. The second kappa shape index (κ2) is 9.52. The molecule has 1 atom stereocenters. The van der Waals surface area contributed by atoms with E-state index in [9.17, 15) is 18.8 Å². The Morgan fingerprint density at radius 3 is 1.83 bits per heavy atom. The first kappa shape index (κ1) is 23.1. The molecule has 2 aromatic carbocycles. The maximum absolute atomic E-state index is 13.0. The van der Waals surface area contributed by atoms with Crippen molar-refractivity contribution < 1.29 is 18.8 Å². The molecule has 0 bridgehead atoms. The highest BCUT2D eigenvalue weighted by atomic mass is 19.1. The maximum atomic E-state index is 13.0. The number of rotatable bonds is 6. The lowest BCUT2D eigenvalue weighted by Crippen LogP contribution is -2.47. The van der Waals surface area contributed by atoms with Crippen LogP contribution in [-0.4, -0.2) is 29.3 Å². The first-order chi connectivity index (χ1) is 14.0. The summed E-state index contributed by atoms with van der Waals surface area (Å²) in [6.07, 6.45) is 0. The van der Waals surface area contributed by atoms with Crippen molar-refractivity contribution in [1.29, 1.82) is 0 Å². The topological polar surface area (TPSA) is 87.3 Å². The summed E-state index contributed by atoms with van der Waals surface area (Å²) in [5, 5.41) is 8.32. The first-order valence-electron chi connectivity index (χ1n) is 9.76. The Bertz CT molecular complexity index is 901. The number of nitrogens with one attached hydrogen (secondary N) is 3. The van der Waals surface area contributed by atoms with Crippen LogP contribution in [0.15, 0.2) is 48.5 Å². The molecule has 0 aliphatic heterocycles. The number of anilines is 1. The average molecular weight is 413 g/mol. The molecule has 7 heteroatoms. The molecule has 2 rings (SSSR count). The molecule has 0 fully saturated rings. The van der Waals surface area contributed by atoms with Crippen molar-refractivity contribution in [2.24, 2.45) is 5.92 Å². The van der Waals surface area contributed by atoms with E-state index in [0.29, 0.717) is 11.3 Å². The highest BCUT2D eigenvalue weighted by Crippen LogP contribution is 2.14. The number of benzene rings is 2. The van der Waals surface area contributed by atoms with Gasteiger partial charge in [0.25, 0.3) is 11.8 Å². The highest BCUT2D eigenvalue weighted by molar-refractivity contribution is 6.01. The van der Waals surface area contributed by atoms with E-state index < -0.39 is 17.8 Å². The molecule has 0 spiro atoms. The fourth-order valence-electron chi connectivity index (χ4n) is 2.70. The molecule has 6 nitrogen and oxygen atoms in total. The van der Waals surface area contributed by atoms with Gasteiger partial charge in [-0.3, -0.25) is 14.4 Å². The minimum atomic E-state index is -0.786. The Labute approximate surface area is 176 Å². The van der Waals surface area contributed by atoms with Crippen LogP contribution < -0.4 is 16.0 Å². The fourth-order valence-corrected chi connectivity index (χ4v) is 2.70. The van der Waals surface area contributed by atoms with Crippen molar-refractivity contribution in [3.05, 3.63) is 65.5 Å². The molecule has 30 heavy (non-hydrogen) atoms. The van der Waals surface area contributed by atoms with Crippen molar-refractivity contribution in [2.45, 2.75) is 46.2 Å². The van der Waals surface area contributed by atoms with Crippen LogP contribution in [0.4, 0.5) is 10.1 Å². The van der Waals surface area contributed by atoms with Crippen molar-refractivity contribution in [2.75, 3.05) is 5.32 Å². The quantitative estimate of drug-likeness (QED) is 0.674. The molecule has 0 aliphatic carbocycles. The number of carbonyl (C=O) groups excluding carboxylic acids is 3. The summed E-state index contributed by atoms with van der Waals surface area (Å²) in [4.78, 5) is 37.3. The molecule has 0 aliphatic rings. The summed E-state index contributed by atoms with van der Waals surface area (Å²) in [6.45, 7) is 9.31. The van der Waals surface area contributed by atoms with E-state index in [1.165, 1.54) is 24.3 Å². The number of hydrogen-bond acceptors (Lipinski definition) is 3. The number of halogens is 1. The van der Waals surface area contributed by atoms with Crippen LogP contribution in [0.25, 0.3) is 0 Å². The maximum Gasteiger partial charge on any atom is 0.251 e. The lowest BCUT2D eigenvalue weighted by molar-refractivity contribution is -0.118. The zero-order valence-corrected chi connectivity index (χ0v) is 17.9. The predicted molar refractivity (Wildman–Crippen MR) is 115 cm³/mol. The summed E-state index contributed by atoms with van der Waals surface area (Å²) < 4.78 is 13.0. The van der Waals surface area contributed by atoms with Gasteiger partial charge in [-0.1, -0.05) is 13.8 Å². The van der Waals surface area contributed by atoms with Crippen LogP contribution in [0.3, 0.4) is 0 Å². The molecule has 1 unspecified atom stereocenters. The van der Waals surface area contributed by atoms with Crippen molar-refractivity contribution in [3.63, 3.8) is 0 Å². The van der Waals surface area contributed by atoms with E-state index in [1.807, 2.05) is 34.6 Å². The van der Waals surface area contributed by atoms with Crippen LogP contribution >= 0.6 is 0 Å². The van der Waals surface area contributed by atoms with Gasteiger partial charge in [-0.05, 0) is 75.2 Å². The van der Waals surface area contributed by atoms with E-state index in [0.717, 1.165) is 0 Å². The van der Waals surface area contributed by atoms with Crippen LogP contribution in [0, 0.1) is 11.7 Å². The van der Waals surface area contributed by atoms with E-state index in [2.05, 4.69) is 16.0 Å². The van der Waals surface area contributed by atoms with E-state index >= 15 is 0 Å². The molecule has 3 N–H and O–H groups in total. The van der Waals surface area contributed by atoms with E-state index in [-0.39, 0.29) is 28.8 Å². The second-order valence-electron chi connectivity index (χ2n) is 8.47.